The third-order valence-electron chi connectivity index (χ3n) is 4.62. The predicted molar refractivity (Wildman–Crippen MR) is 90.5 cm³/mol. The van der Waals surface area contributed by atoms with Crippen molar-refractivity contribution in [2.45, 2.75) is 49.9 Å². The zero-order chi connectivity index (χ0) is 16.5. The van der Waals surface area contributed by atoms with Crippen LogP contribution in [-0.4, -0.2) is 47.7 Å². The van der Waals surface area contributed by atoms with Gasteiger partial charge in [-0.25, -0.2) is 0 Å². The Kier molecular flexibility index (Phi) is 8.76. The Labute approximate surface area is 144 Å². The summed E-state index contributed by atoms with van der Waals surface area (Å²) in [6.45, 7) is 0.875. The lowest BCUT2D eigenvalue weighted by Crippen LogP contribution is -2.24. The van der Waals surface area contributed by atoms with Crippen LogP contribution in [0.3, 0.4) is 0 Å². The maximum absolute atomic E-state index is 8.60. The molecule has 0 spiro atoms. The van der Waals surface area contributed by atoms with Crippen LogP contribution in [0.2, 0.25) is 0 Å². The van der Waals surface area contributed by atoms with Crippen LogP contribution in [0.4, 0.5) is 0 Å². The van der Waals surface area contributed by atoms with Crippen LogP contribution < -0.4 is 0 Å². The van der Waals surface area contributed by atoms with Gasteiger partial charge in [-0.1, -0.05) is 0 Å². The monoisotopic (exact) mass is 344 g/mol. The predicted octanol–water partition coefficient (Wildman–Crippen LogP) is 3.61. The van der Waals surface area contributed by atoms with E-state index in [1.165, 1.54) is 12.8 Å². The smallest absolute Gasteiger partial charge is 0.179 e. The molecule has 0 aromatic carbocycles. The molecule has 0 saturated heterocycles. The Bertz CT molecular complexity index is 404. The molecule has 124 valence electrons. The highest BCUT2D eigenvalue weighted by Gasteiger charge is 2.26. The molecule has 0 bridgehead atoms. The van der Waals surface area contributed by atoms with Crippen LogP contribution >= 0.6 is 23.2 Å². The van der Waals surface area contributed by atoms with Crippen LogP contribution in [0.5, 0.6) is 0 Å². The van der Waals surface area contributed by atoms with Gasteiger partial charge >= 0.3 is 0 Å². The standard InChI is InChI=1S/2C8H13ClN2/c1-11(6-10)5-7-2-3-8(9)4-7;1-11(6-10)8-3-2-7(4-8)5-9/h2*7-8H,2-5H2,1H3. The fourth-order valence-electron chi connectivity index (χ4n) is 3.23. The lowest BCUT2D eigenvalue weighted by atomic mass is 10.1. The van der Waals surface area contributed by atoms with Gasteiger partial charge in [0.05, 0.1) is 0 Å². The maximum Gasteiger partial charge on any atom is 0.179 e. The van der Waals surface area contributed by atoms with Crippen molar-refractivity contribution in [3.63, 3.8) is 0 Å². The number of hydrogen-bond donors (Lipinski definition) is 0. The normalized spacial score (nSPS) is 29.9. The van der Waals surface area contributed by atoms with Gasteiger partial charge in [-0.15, -0.1) is 23.2 Å². The van der Waals surface area contributed by atoms with Gasteiger partial charge in [0.2, 0.25) is 0 Å². The molecule has 0 heterocycles. The van der Waals surface area contributed by atoms with E-state index in [9.17, 15) is 0 Å². The first kappa shape index (κ1) is 19.2. The summed E-state index contributed by atoms with van der Waals surface area (Å²) in [5.41, 5.74) is 0. The average molecular weight is 345 g/mol. The minimum atomic E-state index is 0.354. The molecule has 0 aliphatic heterocycles. The van der Waals surface area contributed by atoms with E-state index in [1.54, 1.807) is 9.80 Å². The Morgan fingerprint density at radius 1 is 1.00 bits per heavy atom. The molecule has 6 heteroatoms. The SMILES string of the molecule is CN(C#N)C1CCC(CCl)C1.CN(C#N)CC1CCC(Cl)C1. The molecule has 4 unspecified atom stereocenters. The van der Waals surface area contributed by atoms with Crippen LogP contribution in [0.25, 0.3) is 0 Å². The maximum atomic E-state index is 8.60. The van der Waals surface area contributed by atoms with E-state index in [1.807, 2.05) is 14.1 Å². The molecule has 4 atom stereocenters. The first-order chi connectivity index (χ1) is 10.5. The first-order valence-corrected chi connectivity index (χ1v) is 8.90. The van der Waals surface area contributed by atoms with Gasteiger partial charge in [0.15, 0.2) is 12.4 Å². The molecule has 0 N–H and O–H groups in total. The van der Waals surface area contributed by atoms with Crippen molar-refractivity contribution >= 4 is 23.2 Å². The molecular weight excluding hydrogens is 319 g/mol. The lowest BCUT2D eigenvalue weighted by Gasteiger charge is -2.17. The van der Waals surface area contributed by atoms with Crippen molar-refractivity contribution in [1.82, 2.24) is 9.80 Å². The molecule has 0 aromatic rings. The summed E-state index contributed by atoms with van der Waals surface area (Å²) in [5.74, 6) is 2.02. The molecule has 2 aliphatic rings. The van der Waals surface area contributed by atoms with Crippen molar-refractivity contribution in [3.8, 4) is 12.4 Å². The summed E-state index contributed by atoms with van der Waals surface area (Å²) in [5, 5.41) is 17.5. The summed E-state index contributed by atoms with van der Waals surface area (Å²) >= 11 is 11.7. The fraction of sp³-hybridized carbons (Fsp3) is 0.875. The average Bonchev–Trinajstić information content (AvgIpc) is 3.16. The van der Waals surface area contributed by atoms with Gasteiger partial charge in [-0.2, -0.15) is 10.5 Å². The highest BCUT2D eigenvalue weighted by molar-refractivity contribution is 6.20. The van der Waals surface area contributed by atoms with Gasteiger partial charge in [0.25, 0.3) is 0 Å². The first-order valence-electron chi connectivity index (χ1n) is 7.93. The van der Waals surface area contributed by atoms with E-state index in [2.05, 4.69) is 12.4 Å². The van der Waals surface area contributed by atoms with Gasteiger partial charge in [-0.3, -0.25) is 0 Å². The molecule has 2 rings (SSSR count). The van der Waals surface area contributed by atoms with E-state index in [0.29, 0.717) is 23.3 Å². The molecule has 2 aliphatic carbocycles. The second-order valence-corrected chi connectivity index (χ2v) is 7.38. The molecule has 0 amide bonds. The highest BCUT2D eigenvalue weighted by Crippen LogP contribution is 2.30. The van der Waals surface area contributed by atoms with Crippen molar-refractivity contribution in [2.75, 3.05) is 26.5 Å². The minimum absolute atomic E-state index is 0.354. The lowest BCUT2D eigenvalue weighted by molar-refractivity contribution is 0.341. The Morgan fingerprint density at radius 2 is 1.68 bits per heavy atom. The van der Waals surface area contributed by atoms with Crippen LogP contribution in [0.1, 0.15) is 38.5 Å². The van der Waals surface area contributed by atoms with E-state index >= 15 is 0 Å². The molecular formula is C16H26Cl2N4. The number of rotatable bonds is 4. The summed E-state index contributed by atoms with van der Waals surface area (Å²) < 4.78 is 0. The van der Waals surface area contributed by atoms with Gasteiger partial charge < -0.3 is 9.80 Å². The molecule has 22 heavy (non-hydrogen) atoms. The number of halogens is 2. The quantitative estimate of drug-likeness (QED) is 0.444. The summed E-state index contributed by atoms with van der Waals surface area (Å²) in [7, 11) is 3.67. The van der Waals surface area contributed by atoms with Gasteiger partial charge in [0, 0.05) is 37.9 Å². The third-order valence-corrected chi connectivity index (χ3v) is 5.45. The van der Waals surface area contributed by atoms with Crippen LogP contribution in [0, 0.1) is 34.7 Å². The molecule has 0 radical (unpaired) electrons. The van der Waals surface area contributed by atoms with Crippen molar-refractivity contribution in [1.29, 1.82) is 10.5 Å². The third kappa shape index (κ3) is 6.51. The Morgan fingerprint density at radius 3 is 2.14 bits per heavy atom. The van der Waals surface area contributed by atoms with E-state index in [0.717, 1.165) is 38.1 Å². The van der Waals surface area contributed by atoms with E-state index in [-0.39, 0.29) is 0 Å². The minimum Gasteiger partial charge on any atom is -0.313 e. The largest absolute Gasteiger partial charge is 0.313 e. The van der Waals surface area contributed by atoms with Gasteiger partial charge in [-0.05, 0) is 50.4 Å². The molecule has 2 fully saturated rings. The molecule has 0 aromatic heterocycles. The van der Waals surface area contributed by atoms with E-state index in [4.69, 9.17) is 33.7 Å². The van der Waals surface area contributed by atoms with Crippen LogP contribution in [-0.2, 0) is 0 Å². The number of hydrogen-bond acceptors (Lipinski definition) is 4. The Hall–Kier alpha value is -0.840. The fourth-order valence-corrected chi connectivity index (χ4v) is 3.89. The van der Waals surface area contributed by atoms with Crippen LogP contribution in [0.15, 0.2) is 0 Å². The van der Waals surface area contributed by atoms with E-state index < -0.39 is 0 Å². The summed E-state index contributed by atoms with van der Waals surface area (Å²) in [6.07, 6.45) is 11.0. The van der Waals surface area contributed by atoms with Gasteiger partial charge in [0.1, 0.15) is 0 Å². The van der Waals surface area contributed by atoms with Crippen molar-refractivity contribution < 1.29 is 0 Å². The molecule has 2 saturated carbocycles. The number of nitriles is 2. The summed E-state index contributed by atoms with van der Waals surface area (Å²) in [6, 6.07) is 0.448. The summed E-state index contributed by atoms with van der Waals surface area (Å²) in [4.78, 5) is 3.42. The Balaban J connectivity index is 0.000000220. The second-order valence-electron chi connectivity index (χ2n) is 6.45. The number of alkyl halides is 2. The van der Waals surface area contributed by atoms with Crippen molar-refractivity contribution in [2.24, 2.45) is 11.8 Å². The topological polar surface area (TPSA) is 54.1 Å². The highest BCUT2D eigenvalue weighted by atomic mass is 35.5. The van der Waals surface area contributed by atoms with Crippen molar-refractivity contribution in [3.05, 3.63) is 0 Å². The second kappa shape index (κ2) is 10.0. The zero-order valence-corrected chi connectivity index (χ0v) is 15.0. The number of nitrogens with zero attached hydrogens (tertiary/aromatic N) is 4. The zero-order valence-electron chi connectivity index (χ0n) is 13.5. The molecule has 4 nitrogen and oxygen atoms in total.